The van der Waals surface area contributed by atoms with Gasteiger partial charge in [0.05, 0.1) is 18.4 Å². The Kier molecular flexibility index (Phi) is 3.64. The van der Waals surface area contributed by atoms with Crippen LogP contribution in [-0.2, 0) is 6.54 Å². The molecule has 0 saturated heterocycles. The monoisotopic (exact) mass is 285 g/mol. The molecule has 2 atom stereocenters. The molecular formula is C16H19N3O2. The summed E-state index contributed by atoms with van der Waals surface area (Å²) >= 11 is 0. The quantitative estimate of drug-likeness (QED) is 0.935. The van der Waals surface area contributed by atoms with Crippen molar-refractivity contribution in [3.63, 3.8) is 0 Å². The lowest BCUT2D eigenvalue weighted by Gasteiger charge is -2.16. The van der Waals surface area contributed by atoms with E-state index in [1.54, 1.807) is 36.5 Å². The fraction of sp³-hybridized carbons (Fsp3) is 0.375. The van der Waals surface area contributed by atoms with Crippen molar-refractivity contribution in [2.45, 2.75) is 25.8 Å². The number of anilines is 1. The van der Waals surface area contributed by atoms with E-state index < -0.39 is 0 Å². The van der Waals surface area contributed by atoms with E-state index in [4.69, 9.17) is 4.42 Å². The molecule has 0 unspecified atom stereocenters. The Hall–Kier alpha value is -2.30. The minimum absolute atomic E-state index is 0.180. The highest BCUT2D eigenvalue weighted by molar-refractivity contribution is 5.88. The van der Waals surface area contributed by atoms with Crippen molar-refractivity contribution in [2.24, 2.45) is 5.92 Å². The van der Waals surface area contributed by atoms with Crippen molar-refractivity contribution >= 4 is 11.7 Å². The van der Waals surface area contributed by atoms with Gasteiger partial charge < -0.3 is 14.6 Å². The molecule has 2 heterocycles. The summed E-state index contributed by atoms with van der Waals surface area (Å²) in [6.07, 6.45) is 4.48. The number of nitrogens with one attached hydrogen (secondary N) is 1. The van der Waals surface area contributed by atoms with Crippen LogP contribution in [0.5, 0.6) is 0 Å². The van der Waals surface area contributed by atoms with E-state index in [9.17, 15) is 4.79 Å². The molecule has 2 aromatic rings. The molecule has 1 N–H and O–H groups in total. The average molecular weight is 285 g/mol. The highest BCUT2D eigenvalue weighted by Crippen LogP contribution is 2.47. The first-order chi connectivity index (χ1) is 10.1. The highest BCUT2D eigenvalue weighted by atomic mass is 16.3. The number of rotatable bonds is 4. The Bertz CT molecular complexity index is 623. The van der Waals surface area contributed by atoms with Gasteiger partial charge in [0.2, 0.25) is 0 Å². The Morgan fingerprint density at radius 2 is 2.29 bits per heavy atom. The van der Waals surface area contributed by atoms with E-state index in [2.05, 4.69) is 17.2 Å². The first-order valence-electron chi connectivity index (χ1n) is 7.14. The molecular weight excluding hydrogens is 266 g/mol. The topological polar surface area (TPSA) is 58.4 Å². The standard InChI is InChI=1S/C16H19N3O2/c1-11-8-14(11)15-6-5-13(21-15)10-19(2)16(20)18-12-4-3-7-17-9-12/h3-7,9,11,14H,8,10H2,1-2H3,(H,18,20)/t11-,14-/m1/s1. The SMILES string of the molecule is C[C@@H]1C[C@H]1c1ccc(CN(C)C(=O)Nc2cccnc2)o1. The Balaban J connectivity index is 1.56. The minimum Gasteiger partial charge on any atom is -0.464 e. The van der Waals surface area contributed by atoms with Crippen LogP contribution in [0.25, 0.3) is 0 Å². The lowest BCUT2D eigenvalue weighted by atomic mass is 10.3. The van der Waals surface area contributed by atoms with Crippen molar-refractivity contribution in [1.29, 1.82) is 0 Å². The van der Waals surface area contributed by atoms with Gasteiger partial charge >= 0.3 is 6.03 Å². The summed E-state index contributed by atoms with van der Waals surface area (Å²) in [6.45, 7) is 2.67. The first kappa shape index (κ1) is 13.7. The normalized spacial score (nSPS) is 20.1. The van der Waals surface area contributed by atoms with Crippen LogP contribution in [0.15, 0.2) is 41.1 Å². The molecule has 0 aliphatic heterocycles. The molecule has 0 spiro atoms. The van der Waals surface area contributed by atoms with E-state index in [1.165, 1.54) is 6.42 Å². The van der Waals surface area contributed by atoms with Crippen molar-refractivity contribution in [1.82, 2.24) is 9.88 Å². The molecule has 1 fully saturated rings. The molecule has 0 bridgehead atoms. The maximum absolute atomic E-state index is 12.1. The van der Waals surface area contributed by atoms with E-state index in [1.807, 2.05) is 12.1 Å². The van der Waals surface area contributed by atoms with Gasteiger partial charge in [-0.1, -0.05) is 6.92 Å². The Labute approximate surface area is 124 Å². The number of nitrogens with zero attached hydrogens (tertiary/aromatic N) is 2. The summed E-state index contributed by atoms with van der Waals surface area (Å²) in [5, 5.41) is 2.79. The van der Waals surface area contributed by atoms with Crippen LogP contribution in [0.2, 0.25) is 0 Å². The van der Waals surface area contributed by atoms with Gasteiger partial charge in [0.1, 0.15) is 11.5 Å². The van der Waals surface area contributed by atoms with Crippen molar-refractivity contribution in [3.8, 4) is 0 Å². The third-order valence-corrected chi connectivity index (χ3v) is 3.81. The van der Waals surface area contributed by atoms with Crippen molar-refractivity contribution in [3.05, 3.63) is 48.2 Å². The Morgan fingerprint density at radius 1 is 1.48 bits per heavy atom. The molecule has 1 aliphatic rings. The number of urea groups is 1. The molecule has 1 saturated carbocycles. The van der Waals surface area contributed by atoms with E-state index in [0.717, 1.165) is 17.4 Å². The molecule has 5 heteroatoms. The predicted molar refractivity (Wildman–Crippen MR) is 80.0 cm³/mol. The second-order valence-corrected chi connectivity index (χ2v) is 5.65. The number of hydrogen-bond donors (Lipinski definition) is 1. The zero-order chi connectivity index (χ0) is 14.8. The van der Waals surface area contributed by atoms with Crippen LogP contribution in [0.4, 0.5) is 10.5 Å². The van der Waals surface area contributed by atoms with Crippen LogP contribution >= 0.6 is 0 Å². The van der Waals surface area contributed by atoms with E-state index in [-0.39, 0.29) is 6.03 Å². The number of carbonyl (C=O) groups excluding carboxylic acids is 1. The van der Waals surface area contributed by atoms with Crippen LogP contribution < -0.4 is 5.32 Å². The summed E-state index contributed by atoms with van der Waals surface area (Å²) in [6, 6.07) is 7.38. The van der Waals surface area contributed by atoms with Crippen molar-refractivity contribution < 1.29 is 9.21 Å². The number of pyridine rings is 1. The van der Waals surface area contributed by atoms with Gasteiger partial charge in [0.25, 0.3) is 0 Å². The third kappa shape index (κ3) is 3.24. The van der Waals surface area contributed by atoms with Crippen LogP contribution in [0.3, 0.4) is 0 Å². The molecule has 0 aromatic carbocycles. The average Bonchev–Trinajstić information content (AvgIpc) is 3.03. The van der Waals surface area contributed by atoms with E-state index >= 15 is 0 Å². The van der Waals surface area contributed by atoms with Gasteiger partial charge in [-0.15, -0.1) is 0 Å². The van der Waals surface area contributed by atoms with Gasteiger partial charge in [-0.3, -0.25) is 4.98 Å². The van der Waals surface area contributed by atoms with Crippen molar-refractivity contribution in [2.75, 3.05) is 12.4 Å². The number of amides is 2. The summed E-state index contributed by atoms with van der Waals surface area (Å²) < 4.78 is 5.81. The number of aromatic nitrogens is 1. The fourth-order valence-electron chi connectivity index (χ4n) is 2.36. The van der Waals surface area contributed by atoms with Gasteiger partial charge in [0.15, 0.2) is 0 Å². The summed E-state index contributed by atoms with van der Waals surface area (Å²) in [5.41, 5.74) is 0.682. The molecule has 2 amide bonds. The van der Waals surface area contributed by atoms with Crippen LogP contribution in [-0.4, -0.2) is 23.0 Å². The second kappa shape index (κ2) is 5.60. The maximum Gasteiger partial charge on any atom is 0.322 e. The zero-order valence-electron chi connectivity index (χ0n) is 12.2. The predicted octanol–water partition coefficient (Wildman–Crippen LogP) is 3.46. The lowest BCUT2D eigenvalue weighted by Crippen LogP contribution is -2.30. The molecule has 0 radical (unpaired) electrons. The lowest BCUT2D eigenvalue weighted by molar-refractivity contribution is 0.216. The Morgan fingerprint density at radius 3 is 2.95 bits per heavy atom. The molecule has 21 heavy (non-hydrogen) atoms. The first-order valence-corrected chi connectivity index (χ1v) is 7.14. The van der Waals surface area contributed by atoms with Gasteiger partial charge in [-0.25, -0.2) is 4.79 Å². The molecule has 3 rings (SSSR count). The number of furan rings is 1. The number of carbonyl (C=O) groups is 1. The zero-order valence-corrected chi connectivity index (χ0v) is 12.2. The highest BCUT2D eigenvalue weighted by Gasteiger charge is 2.36. The molecule has 2 aromatic heterocycles. The molecule has 110 valence electrons. The number of hydrogen-bond acceptors (Lipinski definition) is 3. The largest absolute Gasteiger partial charge is 0.464 e. The van der Waals surface area contributed by atoms with Crippen LogP contribution in [0, 0.1) is 5.92 Å². The maximum atomic E-state index is 12.1. The van der Waals surface area contributed by atoms with E-state index in [0.29, 0.717) is 18.2 Å². The smallest absolute Gasteiger partial charge is 0.322 e. The third-order valence-electron chi connectivity index (χ3n) is 3.81. The summed E-state index contributed by atoms with van der Waals surface area (Å²) in [5.74, 6) is 3.13. The van der Waals surface area contributed by atoms with Gasteiger partial charge in [-0.2, -0.15) is 0 Å². The molecule has 5 nitrogen and oxygen atoms in total. The summed E-state index contributed by atoms with van der Waals surface area (Å²) in [4.78, 5) is 17.6. The second-order valence-electron chi connectivity index (χ2n) is 5.65. The summed E-state index contributed by atoms with van der Waals surface area (Å²) in [7, 11) is 1.74. The minimum atomic E-state index is -0.180. The van der Waals surface area contributed by atoms with Gasteiger partial charge in [0, 0.05) is 19.2 Å². The fourth-order valence-corrected chi connectivity index (χ4v) is 2.36. The van der Waals surface area contributed by atoms with Crippen LogP contribution in [0.1, 0.15) is 30.8 Å². The molecule has 1 aliphatic carbocycles. The van der Waals surface area contributed by atoms with Gasteiger partial charge in [-0.05, 0) is 36.6 Å².